The van der Waals surface area contributed by atoms with E-state index in [2.05, 4.69) is 22.0 Å². The van der Waals surface area contributed by atoms with Crippen LogP contribution >= 0.6 is 46.4 Å². The van der Waals surface area contributed by atoms with E-state index in [0.29, 0.717) is 45.5 Å². The lowest BCUT2D eigenvalue weighted by molar-refractivity contribution is -0.133. The summed E-state index contributed by atoms with van der Waals surface area (Å²) in [7, 11) is 1.82. The van der Waals surface area contributed by atoms with Gasteiger partial charge in [0.05, 0.1) is 27.4 Å². The van der Waals surface area contributed by atoms with Crippen LogP contribution in [0.1, 0.15) is 56.2 Å². The predicted octanol–water partition coefficient (Wildman–Crippen LogP) is 10.6. The Morgan fingerprint density at radius 3 is 2.11 bits per heavy atom. The first-order valence-corrected chi connectivity index (χ1v) is 21.9. The summed E-state index contributed by atoms with van der Waals surface area (Å²) in [6.07, 6.45) is 7.82. The number of ketones is 1. The lowest BCUT2D eigenvalue weighted by Gasteiger charge is -2.41. The summed E-state index contributed by atoms with van der Waals surface area (Å²) in [6.45, 7) is 7.87. The fourth-order valence-electron chi connectivity index (χ4n) is 8.38. The first kappa shape index (κ1) is 46.1. The highest BCUT2D eigenvalue weighted by Gasteiger charge is 2.62. The second-order valence-electron chi connectivity index (χ2n) is 15.8. The maximum atomic E-state index is 14.0. The van der Waals surface area contributed by atoms with Gasteiger partial charge in [-0.3, -0.25) is 14.2 Å². The van der Waals surface area contributed by atoms with E-state index in [1.165, 1.54) is 23.0 Å². The monoisotopic (exact) mass is 907 g/mol. The van der Waals surface area contributed by atoms with Gasteiger partial charge < -0.3 is 19.4 Å². The Morgan fingerprint density at radius 1 is 0.869 bits per heavy atom. The molecule has 5 aromatic rings. The lowest BCUT2D eigenvalue weighted by atomic mass is 9.70. The molecule has 2 atom stereocenters. The van der Waals surface area contributed by atoms with Crippen LogP contribution in [0.5, 0.6) is 5.75 Å². The number of Topliss-reactive ketones (excluding diaryl/α,β-unsaturated/α-hetero) is 1. The van der Waals surface area contributed by atoms with E-state index < -0.39 is 10.8 Å². The van der Waals surface area contributed by atoms with Crippen molar-refractivity contribution in [2.45, 2.75) is 56.9 Å². The summed E-state index contributed by atoms with van der Waals surface area (Å²) in [5, 5.41) is 1.76. The van der Waals surface area contributed by atoms with Crippen molar-refractivity contribution in [1.29, 1.82) is 0 Å². The van der Waals surface area contributed by atoms with Gasteiger partial charge in [0.2, 0.25) is 5.91 Å². The minimum absolute atomic E-state index is 0.0773. The standard InChI is InChI=1S/C32H34ClFN2O2.C15H16Cl3N3O2/c1-23(37)31(25-6-4-3-5-7-25)16-18-36(19-17-31)22-27-20-32(27,26-10-12-28(33)13-11-26)30(38)35(2)21-24-8-14-29(34)15-9-24;1-2-4-20(15(22)21-5-3-19-10-21)6-7-23-14-12(17)8-11(16)9-13(14)18/h3-15,27H,16-22H2,1-2H3;3,5,8-10H,2,4,6-7H2,1H3/t27-,32+;/m0./s1. The molecule has 2 amide bonds. The number of hydrogen-bond acceptors (Lipinski definition) is 6. The molecule has 0 bridgehead atoms. The molecule has 7 rings (SSSR count). The van der Waals surface area contributed by atoms with E-state index >= 15 is 0 Å². The quantitative estimate of drug-likeness (QED) is 0.110. The smallest absolute Gasteiger partial charge is 0.329 e. The van der Waals surface area contributed by atoms with Crippen LogP contribution in [-0.2, 0) is 27.0 Å². The molecule has 322 valence electrons. The summed E-state index contributed by atoms with van der Waals surface area (Å²) >= 11 is 24.2. The first-order valence-electron chi connectivity index (χ1n) is 20.4. The Morgan fingerprint density at radius 2 is 1.52 bits per heavy atom. The average Bonchev–Trinajstić information content (AvgIpc) is 3.68. The Bertz CT molecular complexity index is 2230. The van der Waals surface area contributed by atoms with E-state index in [0.717, 1.165) is 62.0 Å². The van der Waals surface area contributed by atoms with E-state index in [1.54, 1.807) is 53.4 Å². The fraction of sp³-hybridized carbons (Fsp3) is 0.362. The molecule has 2 aliphatic rings. The zero-order chi connectivity index (χ0) is 43.7. The van der Waals surface area contributed by atoms with E-state index in [4.69, 9.17) is 51.1 Å². The number of aromatic nitrogens is 2. The van der Waals surface area contributed by atoms with Gasteiger partial charge in [0.15, 0.2) is 5.75 Å². The third-order valence-corrected chi connectivity index (χ3v) is 12.8. The van der Waals surface area contributed by atoms with E-state index in [9.17, 15) is 18.8 Å². The SMILES string of the molecule is CC(=O)C1(c2ccccc2)CCN(C[C@@H]2C[C@@]2(C(=O)N(C)Cc2ccc(F)cc2)c2ccc(Cl)cc2)CC1.CCCN(CCOc1c(Cl)cc(Cl)cc1Cl)C(=O)n1ccnc1. The molecule has 1 aromatic heterocycles. The molecule has 1 aliphatic carbocycles. The highest BCUT2D eigenvalue weighted by Crippen LogP contribution is 2.56. The van der Waals surface area contributed by atoms with Crippen LogP contribution in [0.2, 0.25) is 20.1 Å². The number of carbonyl (C=O) groups excluding carboxylic acids is 3. The van der Waals surface area contributed by atoms with Crippen LogP contribution in [0.15, 0.2) is 110 Å². The number of likely N-dealkylation sites (tertiary alicyclic amines) is 1. The first-order chi connectivity index (χ1) is 29.3. The van der Waals surface area contributed by atoms with Gasteiger partial charge in [-0.1, -0.05) is 108 Å². The van der Waals surface area contributed by atoms with Gasteiger partial charge in [-0.25, -0.2) is 14.2 Å². The van der Waals surface area contributed by atoms with Crippen molar-refractivity contribution in [3.63, 3.8) is 0 Å². The molecule has 61 heavy (non-hydrogen) atoms. The van der Waals surface area contributed by atoms with Crippen molar-refractivity contribution in [3.8, 4) is 5.75 Å². The largest absolute Gasteiger partial charge is 0.489 e. The predicted molar refractivity (Wildman–Crippen MR) is 240 cm³/mol. The van der Waals surface area contributed by atoms with Crippen LogP contribution in [0.3, 0.4) is 0 Å². The minimum Gasteiger partial charge on any atom is -0.489 e. The molecule has 0 N–H and O–H groups in total. The number of benzene rings is 4. The van der Waals surface area contributed by atoms with Crippen molar-refractivity contribution in [2.24, 2.45) is 5.92 Å². The number of hydrogen-bond donors (Lipinski definition) is 0. The number of carbonyl (C=O) groups is 3. The van der Waals surface area contributed by atoms with Gasteiger partial charge in [0, 0.05) is 49.1 Å². The van der Waals surface area contributed by atoms with Crippen LogP contribution in [-0.4, -0.2) is 88.4 Å². The summed E-state index contributed by atoms with van der Waals surface area (Å²) < 4.78 is 20.4. The molecule has 2 fully saturated rings. The van der Waals surface area contributed by atoms with Crippen LogP contribution < -0.4 is 4.74 Å². The maximum absolute atomic E-state index is 14.0. The normalized spacial score (nSPS) is 18.1. The zero-order valence-electron chi connectivity index (χ0n) is 34.5. The molecule has 14 heteroatoms. The molecule has 1 saturated carbocycles. The molecular weight excluding hydrogens is 859 g/mol. The molecule has 9 nitrogen and oxygen atoms in total. The topological polar surface area (TPSA) is 88.0 Å². The zero-order valence-corrected chi connectivity index (χ0v) is 37.5. The van der Waals surface area contributed by atoms with Crippen LogP contribution in [0.4, 0.5) is 9.18 Å². The summed E-state index contributed by atoms with van der Waals surface area (Å²) in [5.74, 6) is 0.555. The number of likely N-dealkylation sites (N-methyl/N-ethyl adjacent to an activating group) is 1. The van der Waals surface area contributed by atoms with Gasteiger partial charge in [-0.2, -0.15) is 0 Å². The van der Waals surface area contributed by atoms with E-state index in [1.807, 2.05) is 56.4 Å². The highest BCUT2D eigenvalue weighted by atomic mass is 35.5. The summed E-state index contributed by atoms with van der Waals surface area (Å²) in [4.78, 5) is 48.9. The number of amides is 2. The van der Waals surface area contributed by atoms with Crippen molar-refractivity contribution in [2.75, 3.05) is 46.4 Å². The lowest BCUT2D eigenvalue weighted by Crippen LogP contribution is -2.47. The van der Waals surface area contributed by atoms with E-state index in [-0.39, 0.29) is 36.1 Å². The maximum Gasteiger partial charge on any atom is 0.329 e. The van der Waals surface area contributed by atoms with Crippen molar-refractivity contribution >= 4 is 64.1 Å². The summed E-state index contributed by atoms with van der Waals surface area (Å²) in [5.41, 5.74) is 1.95. The molecule has 0 radical (unpaired) electrons. The Balaban J connectivity index is 0.000000232. The number of halogens is 5. The number of imidazole rings is 1. The summed E-state index contributed by atoms with van der Waals surface area (Å²) in [6, 6.07) is 27.0. The molecule has 0 spiro atoms. The third kappa shape index (κ3) is 11.0. The molecule has 4 aromatic carbocycles. The Hall–Kier alpha value is -4.45. The minimum atomic E-state index is -0.603. The fourth-order valence-corrected chi connectivity index (χ4v) is 9.43. The number of rotatable bonds is 14. The molecule has 1 aliphatic heterocycles. The van der Waals surface area contributed by atoms with Crippen molar-refractivity contribution in [3.05, 3.63) is 152 Å². The average molecular weight is 910 g/mol. The molecular formula is C47H50Cl4FN5O4. The second kappa shape index (κ2) is 20.6. The second-order valence-corrected chi connectivity index (χ2v) is 17.4. The van der Waals surface area contributed by atoms with Crippen LogP contribution in [0, 0.1) is 11.7 Å². The number of nitrogens with zero attached hydrogens (tertiary/aromatic N) is 5. The van der Waals surface area contributed by atoms with Gasteiger partial charge in [-0.05, 0) is 105 Å². The Kier molecular flexibility index (Phi) is 15.6. The van der Waals surface area contributed by atoms with Gasteiger partial charge in [0.1, 0.15) is 24.5 Å². The van der Waals surface area contributed by atoms with Crippen molar-refractivity contribution < 1.29 is 23.5 Å². The molecule has 1 saturated heterocycles. The van der Waals surface area contributed by atoms with Crippen LogP contribution in [0.25, 0.3) is 0 Å². The third-order valence-electron chi connectivity index (χ3n) is 11.8. The Labute approximate surface area is 377 Å². The highest BCUT2D eigenvalue weighted by molar-refractivity contribution is 6.40. The van der Waals surface area contributed by atoms with Gasteiger partial charge in [-0.15, -0.1) is 0 Å². The molecule has 0 unspecified atom stereocenters. The number of piperidine rings is 1. The van der Waals surface area contributed by atoms with Crippen molar-refractivity contribution in [1.82, 2.24) is 24.3 Å². The van der Waals surface area contributed by atoms with Gasteiger partial charge in [0.25, 0.3) is 0 Å². The van der Waals surface area contributed by atoms with Gasteiger partial charge >= 0.3 is 6.03 Å². The number of ether oxygens (including phenoxy) is 1. The molecule has 2 heterocycles.